The third-order valence-corrected chi connectivity index (χ3v) is 3.70. The fourth-order valence-corrected chi connectivity index (χ4v) is 2.47. The van der Waals surface area contributed by atoms with Crippen molar-refractivity contribution < 1.29 is 18.8 Å². The quantitative estimate of drug-likeness (QED) is 0.728. The molecule has 0 spiro atoms. The number of carboxylic acid groups (broad SMARTS) is 1. The van der Waals surface area contributed by atoms with Crippen LogP contribution in [-0.4, -0.2) is 16.2 Å². The van der Waals surface area contributed by atoms with Crippen molar-refractivity contribution in [1.82, 2.24) is 5.16 Å². The van der Waals surface area contributed by atoms with Gasteiger partial charge in [-0.05, 0) is 36.4 Å². The second-order valence-electron chi connectivity index (χ2n) is 4.73. The standard InChI is InChI=1S/C16H10BrNO5/c1-8-12(16(21)23-18-8)7-10-3-5-14(22-10)11-4-2-9(17)6-13(11)15(19)20/h2-7,18H,1H2,(H,19,20)/b12-7-. The van der Waals surface area contributed by atoms with E-state index < -0.39 is 11.6 Å². The minimum Gasteiger partial charge on any atom is -0.478 e. The second kappa shape index (κ2) is 5.77. The van der Waals surface area contributed by atoms with Crippen LogP contribution in [0.1, 0.15) is 16.1 Å². The number of halogens is 1. The van der Waals surface area contributed by atoms with E-state index in [1.807, 2.05) is 0 Å². The summed E-state index contributed by atoms with van der Waals surface area (Å²) in [6.45, 7) is 3.64. The van der Waals surface area contributed by atoms with Crippen LogP contribution in [0.4, 0.5) is 0 Å². The first-order valence-electron chi connectivity index (χ1n) is 6.47. The Kier molecular flexibility index (Phi) is 3.79. The van der Waals surface area contributed by atoms with Crippen LogP contribution in [0.25, 0.3) is 24.0 Å². The summed E-state index contributed by atoms with van der Waals surface area (Å²) in [7, 11) is 0. The highest BCUT2D eigenvalue weighted by Gasteiger charge is 2.15. The Labute approximate surface area is 137 Å². The molecule has 0 saturated carbocycles. The molecule has 0 atom stereocenters. The van der Waals surface area contributed by atoms with E-state index in [0.29, 0.717) is 26.9 Å². The molecular formula is C16H10BrNO5. The summed E-state index contributed by atoms with van der Waals surface area (Å²) in [4.78, 5) is 22.9. The largest absolute Gasteiger partial charge is 0.478 e. The Balaban J connectivity index is 2.11. The number of aromatic carboxylic acids is 1. The zero-order valence-corrected chi connectivity index (χ0v) is 13.2. The van der Waals surface area contributed by atoms with Gasteiger partial charge in [-0.15, -0.1) is 0 Å². The van der Waals surface area contributed by atoms with Gasteiger partial charge >= 0.3 is 11.6 Å². The predicted octanol–water partition coefficient (Wildman–Crippen LogP) is 1.93. The summed E-state index contributed by atoms with van der Waals surface area (Å²) in [6, 6.07) is 8.14. The molecule has 3 rings (SSSR count). The summed E-state index contributed by atoms with van der Waals surface area (Å²) < 4.78 is 10.9. The molecule has 0 unspecified atom stereocenters. The highest BCUT2D eigenvalue weighted by atomic mass is 79.9. The van der Waals surface area contributed by atoms with Gasteiger partial charge in [0.25, 0.3) is 0 Å². The van der Waals surface area contributed by atoms with Gasteiger partial charge in [0, 0.05) is 10.0 Å². The number of H-pyrrole nitrogens is 1. The van der Waals surface area contributed by atoms with E-state index >= 15 is 0 Å². The van der Waals surface area contributed by atoms with Crippen LogP contribution in [0.5, 0.6) is 0 Å². The molecule has 1 aromatic carbocycles. The number of hydrogen-bond donors (Lipinski definition) is 2. The van der Waals surface area contributed by atoms with Gasteiger partial charge in [0.2, 0.25) is 0 Å². The smallest absolute Gasteiger partial charge is 0.365 e. The third-order valence-electron chi connectivity index (χ3n) is 3.20. The molecule has 2 heterocycles. The summed E-state index contributed by atoms with van der Waals surface area (Å²) in [6.07, 6.45) is 1.48. The first-order valence-corrected chi connectivity index (χ1v) is 7.26. The highest BCUT2D eigenvalue weighted by molar-refractivity contribution is 9.10. The molecule has 0 fully saturated rings. The van der Waals surface area contributed by atoms with E-state index in [1.165, 1.54) is 12.1 Å². The van der Waals surface area contributed by atoms with Crippen molar-refractivity contribution in [1.29, 1.82) is 0 Å². The van der Waals surface area contributed by atoms with Gasteiger partial charge in [-0.3, -0.25) is 0 Å². The molecule has 2 N–H and O–H groups in total. The molecule has 3 aromatic rings. The Morgan fingerprint density at radius 3 is 2.74 bits per heavy atom. The first-order chi connectivity index (χ1) is 11.0. The van der Waals surface area contributed by atoms with E-state index in [-0.39, 0.29) is 10.8 Å². The van der Waals surface area contributed by atoms with Gasteiger partial charge in [0.05, 0.1) is 16.1 Å². The van der Waals surface area contributed by atoms with Gasteiger partial charge in [0.1, 0.15) is 11.5 Å². The number of nitrogens with one attached hydrogen (secondary N) is 1. The van der Waals surface area contributed by atoms with Crippen molar-refractivity contribution in [3.05, 3.63) is 67.1 Å². The SMILES string of the molecule is C=c1[nH]oc(=O)/c1=C\c1ccc(-c2ccc(Br)cc2C(=O)O)o1. The Morgan fingerprint density at radius 2 is 2.09 bits per heavy atom. The topological polar surface area (TPSA) is 96.4 Å². The maximum absolute atomic E-state index is 11.5. The maximum Gasteiger partial charge on any atom is 0.365 e. The third kappa shape index (κ3) is 2.91. The number of furan rings is 1. The van der Waals surface area contributed by atoms with E-state index in [4.69, 9.17) is 4.42 Å². The number of carboxylic acids is 1. The number of hydrogen-bond acceptors (Lipinski definition) is 4. The van der Waals surface area contributed by atoms with Crippen molar-refractivity contribution in [3.8, 4) is 11.3 Å². The lowest BCUT2D eigenvalue weighted by atomic mass is 10.1. The minimum absolute atomic E-state index is 0.110. The number of rotatable bonds is 3. The molecule has 0 bridgehead atoms. The number of benzene rings is 1. The number of aromatic nitrogens is 1. The minimum atomic E-state index is -1.06. The van der Waals surface area contributed by atoms with Gasteiger partial charge in [-0.25, -0.2) is 14.7 Å². The van der Waals surface area contributed by atoms with Crippen LogP contribution < -0.4 is 16.2 Å². The van der Waals surface area contributed by atoms with Gasteiger partial charge in [-0.2, -0.15) is 0 Å². The van der Waals surface area contributed by atoms with Crippen molar-refractivity contribution >= 4 is 34.6 Å². The average Bonchev–Trinajstić information content (AvgIpc) is 3.09. The first kappa shape index (κ1) is 15.1. The van der Waals surface area contributed by atoms with Crippen LogP contribution in [-0.2, 0) is 0 Å². The fraction of sp³-hybridized carbons (Fsp3) is 0. The monoisotopic (exact) mass is 375 g/mol. The fourth-order valence-electron chi connectivity index (χ4n) is 2.11. The van der Waals surface area contributed by atoms with Crippen LogP contribution in [0.3, 0.4) is 0 Å². The van der Waals surface area contributed by atoms with Gasteiger partial charge < -0.3 is 14.0 Å². The summed E-state index contributed by atoms with van der Waals surface area (Å²) >= 11 is 3.24. The van der Waals surface area contributed by atoms with Crippen LogP contribution >= 0.6 is 15.9 Å². The summed E-state index contributed by atoms with van der Waals surface area (Å²) in [5, 5.41) is 12.3. The van der Waals surface area contributed by atoms with E-state index in [1.54, 1.807) is 24.3 Å². The van der Waals surface area contributed by atoms with E-state index in [2.05, 4.69) is 32.2 Å². The van der Waals surface area contributed by atoms with Gasteiger partial charge in [-0.1, -0.05) is 22.5 Å². The van der Waals surface area contributed by atoms with Crippen molar-refractivity contribution in [2.24, 2.45) is 0 Å². The molecule has 0 aliphatic carbocycles. The predicted molar refractivity (Wildman–Crippen MR) is 86.5 cm³/mol. The lowest BCUT2D eigenvalue weighted by molar-refractivity contribution is 0.0697. The molecule has 116 valence electrons. The molecular weight excluding hydrogens is 366 g/mol. The van der Waals surface area contributed by atoms with Crippen LogP contribution in [0, 0.1) is 0 Å². The summed E-state index contributed by atoms with van der Waals surface area (Å²) in [5.74, 6) is -0.294. The van der Waals surface area contributed by atoms with Gasteiger partial charge in [0.15, 0.2) is 0 Å². The van der Waals surface area contributed by atoms with Crippen molar-refractivity contribution in [3.63, 3.8) is 0 Å². The Morgan fingerprint density at radius 1 is 1.30 bits per heavy atom. The maximum atomic E-state index is 11.5. The lowest BCUT2D eigenvalue weighted by Gasteiger charge is -2.03. The number of aromatic amines is 1. The molecule has 0 radical (unpaired) electrons. The van der Waals surface area contributed by atoms with Crippen molar-refractivity contribution in [2.75, 3.05) is 0 Å². The Bertz CT molecular complexity index is 1030. The molecule has 0 amide bonds. The molecule has 23 heavy (non-hydrogen) atoms. The van der Waals surface area contributed by atoms with E-state index in [9.17, 15) is 14.7 Å². The second-order valence-corrected chi connectivity index (χ2v) is 5.64. The molecule has 7 heteroatoms. The van der Waals surface area contributed by atoms with E-state index in [0.717, 1.165) is 0 Å². The zero-order valence-electron chi connectivity index (χ0n) is 11.6. The molecule has 6 nitrogen and oxygen atoms in total. The lowest BCUT2D eigenvalue weighted by Crippen LogP contribution is -2.31. The number of carbonyl (C=O) groups is 1. The molecule has 0 aliphatic rings. The average molecular weight is 376 g/mol. The molecule has 0 saturated heterocycles. The Hall–Kier alpha value is -2.80. The van der Waals surface area contributed by atoms with Crippen LogP contribution in [0.15, 0.2) is 48.5 Å². The molecule has 2 aromatic heterocycles. The molecule has 0 aliphatic heterocycles. The summed E-state index contributed by atoms with van der Waals surface area (Å²) in [5.41, 5.74) is -0.00148. The normalized spacial score (nSPS) is 11.8. The highest BCUT2D eigenvalue weighted by Crippen LogP contribution is 2.28. The van der Waals surface area contributed by atoms with Crippen molar-refractivity contribution in [2.45, 2.75) is 0 Å². The zero-order chi connectivity index (χ0) is 16.6. The van der Waals surface area contributed by atoms with Crippen LogP contribution in [0.2, 0.25) is 0 Å².